The third kappa shape index (κ3) is 8.68. The van der Waals surface area contributed by atoms with Crippen LogP contribution in [-0.2, 0) is 4.74 Å². The van der Waals surface area contributed by atoms with Crippen molar-refractivity contribution in [3.8, 4) is 0 Å². The summed E-state index contributed by atoms with van der Waals surface area (Å²) in [6.07, 6.45) is 2.36. The molecule has 13 heavy (non-hydrogen) atoms. The third-order valence-electron chi connectivity index (χ3n) is 1.89. The average Bonchev–Trinajstić information content (AvgIpc) is 2.14. The second-order valence-corrected chi connectivity index (χ2v) is 3.75. The van der Waals surface area contributed by atoms with Gasteiger partial charge in [0.25, 0.3) is 0 Å². The summed E-state index contributed by atoms with van der Waals surface area (Å²) in [4.78, 5) is 2.23. The molecular formula is C9H20BrNO2. The molecule has 0 unspecified atom stereocenters. The number of methoxy groups -OCH3 is 1. The molecule has 4 heteroatoms. The van der Waals surface area contributed by atoms with Gasteiger partial charge < -0.3 is 9.84 Å². The van der Waals surface area contributed by atoms with E-state index in [9.17, 15) is 0 Å². The smallest absolute Gasteiger partial charge is 0.0589 e. The number of aliphatic hydroxyl groups excluding tert-OH is 1. The maximum absolute atomic E-state index is 8.80. The first-order valence-corrected chi connectivity index (χ1v) is 5.85. The molecule has 0 spiro atoms. The zero-order valence-electron chi connectivity index (χ0n) is 8.34. The molecule has 0 heterocycles. The lowest BCUT2D eigenvalue weighted by Gasteiger charge is -2.20. The summed E-state index contributed by atoms with van der Waals surface area (Å²) in [7, 11) is 1.70. The molecule has 0 radical (unpaired) electrons. The summed E-state index contributed by atoms with van der Waals surface area (Å²) < 4.78 is 4.99. The Morgan fingerprint density at radius 3 is 2.54 bits per heavy atom. The normalized spacial score (nSPS) is 11.1. The molecule has 0 aromatic rings. The van der Waals surface area contributed by atoms with Crippen molar-refractivity contribution in [1.29, 1.82) is 0 Å². The van der Waals surface area contributed by atoms with Crippen LogP contribution in [0.4, 0.5) is 0 Å². The summed E-state index contributed by atoms with van der Waals surface area (Å²) in [5.74, 6) is 0. The van der Waals surface area contributed by atoms with Crippen LogP contribution in [0.15, 0.2) is 0 Å². The van der Waals surface area contributed by atoms with Crippen molar-refractivity contribution in [3.63, 3.8) is 0 Å². The van der Waals surface area contributed by atoms with Crippen LogP contribution in [0, 0.1) is 0 Å². The lowest BCUT2D eigenvalue weighted by Crippen LogP contribution is -2.31. The van der Waals surface area contributed by atoms with Crippen molar-refractivity contribution in [2.45, 2.75) is 12.8 Å². The highest BCUT2D eigenvalue weighted by Crippen LogP contribution is 1.97. The molecule has 0 bridgehead atoms. The Morgan fingerprint density at radius 2 is 2.00 bits per heavy atom. The van der Waals surface area contributed by atoms with E-state index >= 15 is 0 Å². The predicted octanol–water partition coefficient (Wildman–Crippen LogP) is 1.10. The van der Waals surface area contributed by atoms with Gasteiger partial charge in [0.2, 0.25) is 0 Å². The van der Waals surface area contributed by atoms with Gasteiger partial charge in [-0.3, -0.25) is 4.90 Å². The quantitative estimate of drug-likeness (QED) is 0.494. The summed E-state index contributed by atoms with van der Waals surface area (Å²) in [5.41, 5.74) is 0. The fourth-order valence-electron chi connectivity index (χ4n) is 1.13. The van der Waals surface area contributed by atoms with E-state index in [0.717, 1.165) is 31.6 Å². The Morgan fingerprint density at radius 1 is 1.23 bits per heavy atom. The zero-order chi connectivity index (χ0) is 9.94. The van der Waals surface area contributed by atoms with Gasteiger partial charge in [0.15, 0.2) is 0 Å². The molecule has 0 atom stereocenters. The summed E-state index contributed by atoms with van der Waals surface area (Å²) in [6.45, 7) is 3.70. The number of hydrogen-bond acceptors (Lipinski definition) is 3. The van der Waals surface area contributed by atoms with E-state index in [1.54, 1.807) is 7.11 Å². The molecule has 0 aliphatic heterocycles. The molecule has 0 aromatic heterocycles. The van der Waals surface area contributed by atoms with Gasteiger partial charge in [0.05, 0.1) is 13.2 Å². The van der Waals surface area contributed by atoms with E-state index in [2.05, 4.69) is 20.8 Å². The first-order chi connectivity index (χ1) is 6.35. The Bertz CT molecular complexity index is 104. The van der Waals surface area contributed by atoms with E-state index in [1.807, 2.05) is 0 Å². The number of alkyl halides is 1. The zero-order valence-corrected chi connectivity index (χ0v) is 9.92. The molecule has 80 valence electrons. The van der Waals surface area contributed by atoms with E-state index in [4.69, 9.17) is 9.84 Å². The van der Waals surface area contributed by atoms with Gasteiger partial charge in [-0.2, -0.15) is 0 Å². The first-order valence-electron chi connectivity index (χ1n) is 4.73. The SMILES string of the molecule is COCCN(CCO)CCCCBr. The number of aliphatic hydroxyl groups is 1. The average molecular weight is 254 g/mol. The largest absolute Gasteiger partial charge is 0.395 e. The van der Waals surface area contributed by atoms with Crippen molar-refractivity contribution in [2.75, 3.05) is 45.3 Å². The van der Waals surface area contributed by atoms with Gasteiger partial charge in [-0.15, -0.1) is 0 Å². The molecule has 0 aliphatic rings. The standard InChI is InChI=1S/C9H20BrNO2/c1-13-9-7-11(6-8-12)5-3-2-4-10/h12H,2-9H2,1H3. The second kappa shape index (κ2) is 10.4. The third-order valence-corrected chi connectivity index (χ3v) is 2.45. The van der Waals surface area contributed by atoms with Gasteiger partial charge in [-0.05, 0) is 19.4 Å². The van der Waals surface area contributed by atoms with E-state index in [0.29, 0.717) is 0 Å². The van der Waals surface area contributed by atoms with Crippen molar-refractivity contribution in [1.82, 2.24) is 4.90 Å². The van der Waals surface area contributed by atoms with Crippen LogP contribution in [0.3, 0.4) is 0 Å². The second-order valence-electron chi connectivity index (χ2n) is 2.95. The molecule has 3 nitrogen and oxygen atoms in total. The first kappa shape index (κ1) is 13.4. The summed E-state index contributed by atoms with van der Waals surface area (Å²) >= 11 is 3.40. The molecule has 0 amide bonds. The van der Waals surface area contributed by atoms with Gasteiger partial charge in [0.1, 0.15) is 0 Å². The maximum atomic E-state index is 8.80. The monoisotopic (exact) mass is 253 g/mol. The fraction of sp³-hybridized carbons (Fsp3) is 1.00. The summed E-state index contributed by atoms with van der Waals surface area (Å²) in [5, 5.41) is 9.86. The number of hydrogen-bond donors (Lipinski definition) is 1. The van der Waals surface area contributed by atoms with Crippen LogP contribution in [0.5, 0.6) is 0 Å². The number of halogens is 1. The topological polar surface area (TPSA) is 32.7 Å². The van der Waals surface area contributed by atoms with Crippen LogP contribution >= 0.6 is 15.9 Å². The minimum Gasteiger partial charge on any atom is -0.395 e. The van der Waals surface area contributed by atoms with Crippen LogP contribution in [0.25, 0.3) is 0 Å². The van der Waals surface area contributed by atoms with Crippen LogP contribution in [0.2, 0.25) is 0 Å². The van der Waals surface area contributed by atoms with Crippen molar-refractivity contribution < 1.29 is 9.84 Å². The fourth-order valence-corrected chi connectivity index (χ4v) is 1.52. The van der Waals surface area contributed by atoms with Gasteiger partial charge in [-0.25, -0.2) is 0 Å². The van der Waals surface area contributed by atoms with Crippen molar-refractivity contribution in [3.05, 3.63) is 0 Å². The van der Waals surface area contributed by atoms with Gasteiger partial charge in [-0.1, -0.05) is 15.9 Å². The van der Waals surface area contributed by atoms with Gasteiger partial charge >= 0.3 is 0 Å². The molecule has 0 rings (SSSR count). The van der Waals surface area contributed by atoms with Crippen LogP contribution < -0.4 is 0 Å². The highest BCUT2D eigenvalue weighted by molar-refractivity contribution is 9.09. The van der Waals surface area contributed by atoms with E-state index in [1.165, 1.54) is 12.8 Å². The molecule has 0 aliphatic carbocycles. The lowest BCUT2D eigenvalue weighted by molar-refractivity contribution is 0.130. The van der Waals surface area contributed by atoms with E-state index < -0.39 is 0 Å². The minimum absolute atomic E-state index is 0.234. The Kier molecular flexibility index (Phi) is 10.7. The number of ether oxygens (including phenoxy) is 1. The minimum atomic E-state index is 0.234. The summed E-state index contributed by atoms with van der Waals surface area (Å²) in [6, 6.07) is 0. The van der Waals surface area contributed by atoms with Crippen molar-refractivity contribution >= 4 is 15.9 Å². The van der Waals surface area contributed by atoms with Crippen LogP contribution in [0.1, 0.15) is 12.8 Å². The molecular weight excluding hydrogens is 234 g/mol. The number of unbranched alkanes of at least 4 members (excludes halogenated alkanes) is 1. The van der Waals surface area contributed by atoms with E-state index in [-0.39, 0.29) is 6.61 Å². The highest BCUT2D eigenvalue weighted by atomic mass is 79.9. The van der Waals surface area contributed by atoms with Gasteiger partial charge in [0, 0.05) is 25.5 Å². The number of nitrogens with zero attached hydrogens (tertiary/aromatic N) is 1. The predicted molar refractivity (Wildman–Crippen MR) is 58.4 cm³/mol. The highest BCUT2D eigenvalue weighted by Gasteiger charge is 2.02. The molecule has 0 saturated carbocycles. The molecule has 0 saturated heterocycles. The maximum Gasteiger partial charge on any atom is 0.0589 e. The number of rotatable bonds is 9. The van der Waals surface area contributed by atoms with Crippen LogP contribution in [-0.4, -0.2) is 55.3 Å². The Labute approximate surface area is 89.2 Å². The molecule has 0 fully saturated rings. The van der Waals surface area contributed by atoms with Crippen molar-refractivity contribution in [2.24, 2.45) is 0 Å². The lowest BCUT2D eigenvalue weighted by atomic mass is 10.3. The molecule has 0 aromatic carbocycles. The molecule has 1 N–H and O–H groups in total. The Balaban J connectivity index is 3.41. The Hall–Kier alpha value is 0.360.